The first-order chi connectivity index (χ1) is 5.74. The number of carbonyl (C=O) groups excluding carboxylic acids is 1. The lowest BCUT2D eigenvalue weighted by Crippen LogP contribution is -2.38. The third-order valence-corrected chi connectivity index (χ3v) is 1.33. The van der Waals surface area contributed by atoms with Crippen molar-refractivity contribution >= 4 is 5.91 Å². The molecule has 0 aliphatic heterocycles. The summed E-state index contributed by atoms with van der Waals surface area (Å²) < 4.78 is 9.74. The number of rotatable bonds is 6. The Morgan fingerprint density at radius 3 is 2.42 bits per heavy atom. The second-order valence-electron chi connectivity index (χ2n) is 2.24. The third kappa shape index (κ3) is 5.06. The molecule has 0 unspecified atom stereocenters. The Morgan fingerprint density at radius 2 is 2.00 bits per heavy atom. The molecule has 0 saturated heterocycles. The van der Waals surface area contributed by atoms with Crippen LogP contribution in [0.25, 0.3) is 0 Å². The Morgan fingerprint density at radius 1 is 1.42 bits per heavy atom. The molecule has 0 aliphatic carbocycles. The minimum absolute atomic E-state index is 0.0726. The number of amides is 1. The first-order valence-electron chi connectivity index (χ1n) is 3.71. The van der Waals surface area contributed by atoms with Crippen molar-refractivity contribution in [1.29, 1.82) is 0 Å². The van der Waals surface area contributed by atoms with Gasteiger partial charge in [-0.3, -0.25) is 4.79 Å². The van der Waals surface area contributed by atoms with Gasteiger partial charge in [-0.15, -0.1) is 0 Å². The standard InChI is InChI=1S/C7H16N2O3/c1-8-4-6(10)9-5-7(11-2)12-3/h7-8H,4-5H2,1-3H3,(H,9,10). The molecule has 0 heterocycles. The fourth-order valence-electron chi connectivity index (χ4n) is 0.683. The van der Waals surface area contributed by atoms with E-state index in [4.69, 9.17) is 9.47 Å². The summed E-state index contributed by atoms with van der Waals surface area (Å²) in [5.74, 6) is -0.0726. The van der Waals surface area contributed by atoms with Crippen LogP contribution in [0.4, 0.5) is 0 Å². The van der Waals surface area contributed by atoms with Gasteiger partial charge in [-0.25, -0.2) is 0 Å². The Kier molecular flexibility index (Phi) is 6.64. The Hall–Kier alpha value is -0.650. The Balaban J connectivity index is 3.44. The van der Waals surface area contributed by atoms with Crippen molar-refractivity contribution in [3.63, 3.8) is 0 Å². The van der Waals surface area contributed by atoms with Crippen LogP contribution in [0.15, 0.2) is 0 Å². The highest BCUT2D eigenvalue weighted by molar-refractivity contribution is 5.77. The van der Waals surface area contributed by atoms with Crippen LogP contribution in [0.3, 0.4) is 0 Å². The van der Waals surface area contributed by atoms with Crippen molar-refractivity contribution in [2.24, 2.45) is 0 Å². The molecule has 0 aromatic rings. The predicted octanol–water partition coefficient (Wildman–Crippen LogP) is -1.06. The van der Waals surface area contributed by atoms with Gasteiger partial charge in [0.2, 0.25) is 5.91 Å². The minimum atomic E-state index is -0.370. The van der Waals surface area contributed by atoms with Gasteiger partial charge in [0, 0.05) is 14.2 Å². The van der Waals surface area contributed by atoms with Crippen molar-refractivity contribution in [2.45, 2.75) is 6.29 Å². The van der Waals surface area contributed by atoms with E-state index in [0.717, 1.165) is 0 Å². The zero-order valence-electron chi connectivity index (χ0n) is 7.72. The quantitative estimate of drug-likeness (QED) is 0.506. The third-order valence-electron chi connectivity index (χ3n) is 1.33. The van der Waals surface area contributed by atoms with Crippen molar-refractivity contribution in [3.8, 4) is 0 Å². The number of hydrogen-bond acceptors (Lipinski definition) is 4. The second kappa shape index (κ2) is 7.02. The van der Waals surface area contributed by atoms with Crippen LogP contribution in [0.1, 0.15) is 0 Å². The van der Waals surface area contributed by atoms with Crippen LogP contribution in [0.5, 0.6) is 0 Å². The van der Waals surface area contributed by atoms with Crippen LogP contribution < -0.4 is 10.6 Å². The Labute approximate surface area is 72.4 Å². The molecule has 0 aromatic heterocycles. The molecule has 0 fully saturated rings. The molecule has 0 aromatic carbocycles. The fourth-order valence-corrected chi connectivity index (χ4v) is 0.683. The predicted molar refractivity (Wildman–Crippen MR) is 44.7 cm³/mol. The molecule has 0 rings (SSSR count). The van der Waals surface area contributed by atoms with Gasteiger partial charge in [-0.1, -0.05) is 0 Å². The van der Waals surface area contributed by atoms with Crippen LogP contribution in [0, 0.1) is 0 Å². The summed E-state index contributed by atoms with van der Waals surface area (Å²) >= 11 is 0. The topological polar surface area (TPSA) is 59.6 Å². The highest BCUT2D eigenvalue weighted by Gasteiger charge is 2.06. The number of likely N-dealkylation sites (N-methyl/N-ethyl adjacent to an activating group) is 1. The summed E-state index contributed by atoms with van der Waals surface area (Å²) in [5.41, 5.74) is 0. The van der Waals surface area contributed by atoms with E-state index in [0.29, 0.717) is 13.1 Å². The van der Waals surface area contributed by atoms with Crippen molar-refractivity contribution in [2.75, 3.05) is 34.4 Å². The van der Waals surface area contributed by atoms with Gasteiger partial charge < -0.3 is 20.1 Å². The summed E-state index contributed by atoms with van der Waals surface area (Å²) in [4.78, 5) is 10.9. The van der Waals surface area contributed by atoms with Gasteiger partial charge in [-0.05, 0) is 7.05 Å². The van der Waals surface area contributed by atoms with Gasteiger partial charge in [0.05, 0.1) is 13.1 Å². The van der Waals surface area contributed by atoms with Crippen LogP contribution in [-0.2, 0) is 14.3 Å². The number of methoxy groups -OCH3 is 2. The SMILES string of the molecule is CNCC(=O)NCC(OC)OC. The maximum atomic E-state index is 10.9. The van der Waals surface area contributed by atoms with E-state index in [1.807, 2.05) is 0 Å². The molecule has 0 saturated carbocycles. The minimum Gasteiger partial charge on any atom is -0.354 e. The highest BCUT2D eigenvalue weighted by Crippen LogP contribution is 1.86. The number of nitrogens with one attached hydrogen (secondary N) is 2. The zero-order valence-corrected chi connectivity index (χ0v) is 7.72. The normalized spacial score (nSPS) is 10.3. The molecule has 0 bridgehead atoms. The van der Waals surface area contributed by atoms with Crippen LogP contribution >= 0.6 is 0 Å². The Bertz CT molecular complexity index is 126. The van der Waals surface area contributed by atoms with Gasteiger partial charge in [0.25, 0.3) is 0 Å². The molecule has 5 nitrogen and oxygen atoms in total. The number of hydrogen-bond donors (Lipinski definition) is 2. The van der Waals surface area contributed by atoms with E-state index >= 15 is 0 Å². The van der Waals surface area contributed by atoms with Crippen molar-refractivity contribution < 1.29 is 14.3 Å². The molecular formula is C7H16N2O3. The zero-order chi connectivity index (χ0) is 9.40. The molecular weight excluding hydrogens is 160 g/mol. The van der Waals surface area contributed by atoms with Crippen LogP contribution in [-0.4, -0.2) is 46.6 Å². The molecule has 12 heavy (non-hydrogen) atoms. The lowest BCUT2D eigenvalue weighted by molar-refractivity contribution is -0.126. The second-order valence-corrected chi connectivity index (χ2v) is 2.24. The number of ether oxygens (including phenoxy) is 2. The van der Waals surface area contributed by atoms with Gasteiger partial charge in [0.15, 0.2) is 6.29 Å². The highest BCUT2D eigenvalue weighted by atomic mass is 16.7. The first kappa shape index (κ1) is 11.4. The molecule has 5 heteroatoms. The maximum absolute atomic E-state index is 10.9. The lowest BCUT2D eigenvalue weighted by Gasteiger charge is -2.13. The van der Waals surface area contributed by atoms with Gasteiger partial charge >= 0.3 is 0 Å². The average molecular weight is 176 g/mol. The maximum Gasteiger partial charge on any atom is 0.234 e. The van der Waals surface area contributed by atoms with E-state index in [1.54, 1.807) is 7.05 Å². The molecule has 0 spiro atoms. The van der Waals surface area contributed by atoms with Gasteiger partial charge in [-0.2, -0.15) is 0 Å². The number of carbonyl (C=O) groups is 1. The van der Waals surface area contributed by atoms with E-state index in [1.165, 1.54) is 14.2 Å². The summed E-state index contributed by atoms with van der Waals surface area (Å²) in [7, 11) is 4.76. The summed E-state index contributed by atoms with van der Waals surface area (Å²) in [6, 6.07) is 0. The first-order valence-corrected chi connectivity index (χ1v) is 3.71. The average Bonchev–Trinajstić information content (AvgIpc) is 2.07. The molecule has 0 atom stereocenters. The van der Waals surface area contributed by atoms with Crippen molar-refractivity contribution in [3.05, 3.63) is 0 Å². The monoisotopic (exact) mass is 176 g/mol. The van der Waals surface area contributed by atoms with E-state index < -0.39 is 0 Å². The molecule has 1 amide bonds. The summed E-state index contributed by atoms with van der Waals surface area (Å²) in [5, 5.41) is 5.37. The molecule has 0 radical (unpaired) electrons. The van der Waals surface area contributed by atoms with E-state index in [2.05, 4.69) is 10.6 Å². The van der Waals surface area contributed by atoms with Crippen molar-refractivity contribution in [1.82, 2.24) is 10.6 Å². The van der Waals surface area contributed by atoms with E-state index in [9.17, 15) is 4.79 Å². The summed E-state index contributed by atoms with van der Waals surface area (Å²) in [6.07, 6.45) is -0.370. The van der Waals surface area contributed by atoms with Gasteiger partial charge in [0.1, 0.15) is 0 Å². The largest absolute Gasteiger partial charge is 0.354 e. The lowest BCUT2D eigenvalue weighted by atomic mass is 10.5. The molecule has 2 N–H and O–H groups in total. The van der Waals surface area contributed by atoms with E-state index in [-0.39, 0.29) is 12.2 Å². The summed E-state index contributed by atoms with van der Waals surface area (Å²) in [6.45, 7) is 0.674. The molecule has 0 aliphatic rings. The smallest absolute Gasteiger partial charge is 0.234 e. The fraction of sp³-hybridized carbons (Fsp3) is 0.857. The molecule has 72 valence electrons. The van der Waals surface area contributed by atoms with Crippen LogP contribution in [0.2, 0.25) is 0 Å².